The lowest BCUT2D eigenvalue weighted by atomic mass is 9.87. The summed E-state index contributed by atoms with van der Waals surface area (Å²) in [6, 6.07) is 5.91. The number of furan rings is 1. The Kier molecular flexibility index (Phi) is 4.53. The number of alkyl carbamates (subject to hydrolysis) is 1. The van der Waals surface area contributed by atoms with Gasteiger partial charge in [0.05, 0.1) is 6.54 Å². The van der Waals surface area contributed by atoms with Crippen LogP contribution >= 0.6 is 0 Å². The summed E-state index contributed by atoms with van der Waals surface area (Å²) >= 11 is 0. The lowest BCUT2D eigenvalue weighted by Crippen LogP contribution is -2.52. The van der Waals surface area contributed by atoms with Crippen LogP contribution in [0.1, 0.15) is 45.1 Å². The van der Waals surface area contributed by atoms with Gasteiger partial charge in [0.1, 0.15) is 17.4 Å². The van der Waals surface area contributed by atoms with Gasteiger partial charge >= 0.3 is 6.09 Å². The van der Waals surface area contributed by atoms with Crippen molar-refractivity contribution in [3.05, 3.63) is 23.7 Å². The Bertz CT molecular complexity index is 533. The van der Waals surface area contributed by atoms with Gasteiger partial charge < -0.3 is 19.8 Å². The molecule has 0 saturated heterocycles. The minimum Gasteiger partial charge on any atom is -0.449 e. The summed E-state index contributed by atoms with van der Waals surface area (Å²) in [7, 11) is 0. The number of ether oxygens (including phenoxy) is 1. The summed E-state index contributed by atoms with van der Waals surface area (Å²) in [5.74, 6) is 1.07. The number of carbonyl (C=O) groups is 1. The third kappa shape index (κ3) is 4.80. The number of rotatable bonds is 4. The van der Waals surface area contributed by atoms with Gasteiger partial charge in [-0.3, -0.25) is 0 Å². The number of nitrogens with zero attached hydrogens (tertiary/aromatic N) is 1. The summed E-state index contributed by atoms with van der Waals surface area (Å²) in [6.45, 7) is 6.12. The van der Waals surface area contributed by atoms with Gasteiger partial charge in [-0.15, -0.1) is 0 Å². The monoisotopic (exact) mass is 291 g/mol. The second kappa shape index (κ2) is 6.19. The van der Waals surface area contributed by atoms with Crippen molar-refractivity contribution in [1.82, 2.24) is 10.6 Å². The van der Waals surface area contributed by atoms with Crippen molar-refractivity contribution < 1.29 is 13.9 Å². The van der Waals surface area contributed by atoms with E-state index in [2.05, 4.69) is 10.6 Å². The first-order valence-corrected chi connectivity index (χ1v) is 7.07. The Balaban J connectivity index is 1.63. The Morgan fingerprint density at radius 1 is 1.43 bits per heavy atom. The van der Waals surface area contributed by atoms with Gasteiger partial charge in [0.15, 0.2) is 0 Å². The van der Waals surface area contributed by atoms with Crippen LogP contribution in [0, 0.1) is 11.3 Å². The topological polar surface area (TPSA) is 87.3 Å². The number of hydrogen-bond donors (Lipinski definition) is 2. The van der Waals surface area contributed by atoms with E-state index in [-0.39, 0.29) is 12.1 Å². The Morgan fingerprint density at radius 3 is 2.71 bits per heavy atom. The second-order valence-corrected chi connectivity index (χ2v) is 6.27. The standard InChI is InChI=1S/C15H21N3O3/c1-15(2,3)21-14(19)18-11-6-10(7-11)17-9-13-5-4-12(8-16)20-13/h4-5,10-11,17H,6-7,9H2,1-3H3,(H,18,19). The Hall–Kier alpha value is -2.00. The maximum atomic E-state index is 11.6. The van der Waals surface area contributed by atoms with Gasteiger partial charge in [-0.2, -0.15) is 5.26 Å². The van der Waals surface area contributed by atoms with E-state index < -0.39 is 5.60 Å². The van der Waals surface area contributed by atoms with Crippen molar-refractivity contribution in [3.63, 3.8) is 0 Å². The molecule has 1 fully saturated rings. The van der Waals surface area contributed by atoms with Gasteiger partial charge in [-0.05, 0) is 45.7 Å². The lowest BCUT2D eigenvalue weighted by Gasteiger charge is -2.36. The molecule has 1 aliphatic carbocycles. The number of nitrogens with one attached hydrogen (secondary N) is 2. The molecule has 2 rings (SSSR count). The second-order valence-electron chi connectivity index (χ2n) is 6.27. The average molecular weight is 291 g/mol. The van der Waals surface area contributed by atoms with Crippen LogP contribution in [0.4, 0.5) is 4.79 Å². The van der Waals surface area contributed by atoms with Crippen LogP contribution in [0.15, 0.2) is 16.5 Å². The zero-order chi connectivity index (χ0) is 15.5. The first-order valence-electron chi connectivity index (χ1n) is 7.07. The van der Waals surface area contributed by atoms with Crippen LogP contribution in [0.25, 0.3) is 0 Å². The summed E-state index contributed by atoms with van der Waals surface area (Å²) in [5, 5.41) is 14.8. The highest BCUT2D eigenvalue weighted by Gasteiger charge is 2.31. The summed E-state index contributed by atoms with van der Waals surface area (Å²) in [5.41, 5.74) is -0.469. The molecular formula is C15H21N3O3. The van der Waals surface area contributed by atoms with Crippen molar-refractivity contribution >= 4 is 6.09 Å². The predicted octanol–water partition coefficient (Wildman–Crippen LogP) is 2.30. The van der Waals surface area contributed by atoms with E-state index in [9.17, 15) is 4.79 Å². The number of amides is 1. The van der Waals surface area contributed by atoms with E-state index in [0.717, 1.165) is 18.6 Å². The molecule has 1 aliphatic rings. The number of nitriles is 1. The minimum atomic E-state index is -0.469. The molecule has 1 saturated carbocycles. The number of carbonyl (C=O) groups excluding carboxylic acids is 1. The highest BCUT2D eigenvalue weighted by molar-refractivity contribution is 5.68. The SMILES string of the molecule is CC(C)(C)OC(=O)NC1CC(NCc2ccc(C#N)o2)C1. The van der Waals surface area contributed by atoms with Gasteiger partial charge in [0.2, 0.25) is 5.76 Å². The molecule has 1 aromatic heterocycles. The molecule has 0 bridgehead atoms. The van der Waals surface area contributed by atoms with Gasteiger partial charge in [0.25, 0.3) is 0 Å². The highest BCUT2D eigenvalue weighted by atomic mass is 16.6. The van der Waals surface area contributed by atoms with Crippen LogP contribution in [0.5, 0.6) is 0 Å². The van der Waals surface area contributed by atoms with E-state index >= 15 is 0 Å². The maximum Gasteiger partial charge on any atom is 0.407 e. The van der Waals surface area contributed by atoms with E-state index in [0.29, 0.717) is 18.3 Å². The molecule has 6 heteroatoms. The summed E-state index contributed by atoms with van der Waals surface area (Å²) < 4.78 is 10.5. The van der Waals surface area contributed by atoms with Crippen LogP contribution in [0.2, 0.25) is 0 Å². The molecule has 2 N–H and O–H groups in total. The van der Waals surface area contributed by atoms with Crippen LogP contribution in [-0.4, -0.2) is 23.8 Å². The number of hydrogen-bond acceptors (Lipinski definition) is 5. The van der Waals surface area contributed by atoms with Crippen molar-refractivity contribution in [2.24, 2.45) is 0 Å². The Morgan fingerprint density at radius 2 is 2.14 bits per heavy atom. The molecule has 0 aliphatic heterocycles. The summed E-state index contributed by atoms with van der Waals surface area (Å²) in [6.07, 6.45) is 1.37. The van der Waals surface area contributed by atoms with Gasteiger partial charge in [-0.1, -0.05) is 0 Å². The van der Waals surface area contributed by atoms with Crippen molar-refractivity contribution in [3.8, 4) is 6.07 Å². The Labute approximate surface area is 124 Å². The molecule has 6 nitrogen and oxygen atoms in total. The minimum absolute atomic E-state index is 0.156. The zero-order valence-electron chi connectivity index (χ0n) is 12.6. The maximum absolute atomic E-state index is 11.6. The highest BCUT2D eigenvalue weighted by Crippen LogP contribution is 2.21. The van der Waals surface area contributed by atoms with Crippen LogP contribution in [-0.2, 0) is 11.3 Å². The van der Waals surface area contributed by atoms with Crippen LogP contribution < -0.4 is 10.6 Å². The molecular weight excluding hydrogens is 270 g/mol. The first-order chi connectivity index (χ1) is 9.85. The third-order valence-electron chi connectivity index (χ3n) is 3.20. The quantitative estimate of drug-likeness (QED) is 0.888. The van der Waals surface area contributed by atoms with E-state index in [1.165, 1.54) is 0 Å². The molecule has 21 heavy (non-hydrogen) atoms. The molecule has 114 valence electrons. The molecule has 0 atom stereocenters. The van der Waals surface area contributed by atoms with E-state index in [1.807, 2.05) is 26.8 Å². The average Bonchev–Trinajstić information content (AvgIpc) is 2.77. The molecule has 1 aromatic rings. The first kappa shape index (κ1) is 15.4. The summed E-state index contributed by atoms with van der Waals surface area (Å²) in [4.78, 5) is 11.6. The van der Waals surface area contributed by atoms with Crippen molar-refractivity contribution in [1.29, 1.82) is 5.26 Å². The fraction of sp³-hybridized carbons (Fsp3) is 0.600. The zero-order valence-corrected chi connectivity index (χ0v) is 12.6. The van der Waals surface area contributed by atoms with Gasteiger partial charge in [-0.25, -0.2) is 4.79 Å². The molecule has 1 amide bonds. The predicted molar refractivity (Wildman–Crippen MR) is 76.4 cm³/mol. The largest absolute Gasteiger partial charge is 0.449 e. The third-order valence-corrected chi connectivity index (χ3v) is 3.20. The van der Waals surface area contributed by atoms with Gasteiger partial charge in [0, 0.05) is 12.1 Å². The van der Waals surface area contributed by atoms with Crippen molar-refractivity contribution in [2.75, 3.05) is 0 Å². The molecule has 0 aromatic carbocycles. The molecule has 0 radical (unpaired) electrons. The normalized spacial score (nSPS) is 21.2. The molecule has 0 spiro atoms. The molecule has 1 heterocycles. The fourth-order valence-electron chi connectivity index (χ4n) is 2.15. The van der Waals surface area contributed by atoms with Crippen LogP contribution in [0.3, 0.4) is 0 Å². The fourth-order valence-corrected chi connectivity index (χ4v) is 2.15. The van der Waals surface area contributed by atoms with E-state index in [4.69, 9.17) is 14.4 Å². The lowest BCUT2D eigenvalue weighted by molar-refractivity contribution is 0.0464. The smallest absolute Gasteiger partial charge is 0.407 e. The molecule has 0 unspecified atom stereocenters. The van der Waals surface area contributed by atoms with E-state index in [1.54, 1.807) is 12.1 Å². The van der Waals surface area contributed by atoms with Crippen molar-refractivity contribution in [2.45, 2.75) is 57.8 Å².